The summed E-state index contributed by atoms with van der Waals surface area (Å²) in [5, 5.41) is 18.1. The minimum absolute atomic E-state index is 0.0963. The van der Waals surface area contributed by atoms with E-state index in [9.17, 15) is 0 Å². The summed E-state index contributed by atoms with van der Waals surface area (Å²) < 4.78 is 2.67. The second-order valence-corrected chi connectivity index (χ2v) is 13.2. The van der Waals surface area contributed by atoms with Crippen LogP contribution in [0.5, 0.6) is 0 Å². The molecule has 8 aromatic carbocycles. The number of rotatable bonds is 7. The van der Waals surface area contributed by atoms with E-state index in [1.54, 1.807) is 0 Å². The molecule has 0 spiro atoms. The van der Waals surface area contributed by atoms with Crippen LogP contribution < -0.4 is 10.6 Å². The Kier molecular flexibility index (Phi) is 6.93. The van der Waals surface area contributed by atoms with Crippen LogP contribution in [-0.2, 0) is 6.54 Å². The van der Waals surface area contributed by atoms with E-state index in [1.165, 1.54) is 74.7 Å². The molecule has 0 saturated heterocycles. The zero-order valence-corrected chi connectivity index (χ0v) is 26.6. The number of nitrogens with one attached hydrogen (secondary N) is 2. The van der Waals surface area contributed by atoms with Crippen LogP contribution in [0.1, 0.15) is 17.3 Å². The summed E-state index contributed by atoms with van der Waals surface area (Å²) in [5.41, 5.74) is 6.10. The highest BCUT2D eigenvalue weighted by atomic mass is 32.1. The van der Waals surface area contributed by atoms with Gasteiger partial charge in [-0.15, -0.1) is 11.3 Å². The first-order chi connectivity index (χ1) is 23.3. The highest BCUT2D eigenvalue weighted by Gasteiger charge is 2.16. The van der Waals surface area contributed by atoms with Crippen molar-refractivity contribution in [1.29, 1.82) is 0 Å². The molecule has 0 aliphatic rings. The highest BCUT2D eigenvalue weighted by Crippen LogP contribution is 2.40. The van der Waals surface area contributed by atoms with Crippen molar-refractivity contribution in [2.24, 2.45) is 0 Å². The van der Waals surface area contributed by atoms with Gasteiger partial charge in [-0.25, -0.2) is 0 Å². The predicted octanol–water partition coefficient (Wildman–Crippen LogP) is 12.1. The summed E-state index contributed by atoms with van der Waals surface area (Å²) in [7, 11) is 0. The number of hydrogen-bond donors (Lipinski definition) is 2. The van der Waals surface area contributed by atoms with Crippen molar-refractivity contribution in [3.63, 3.8) is 0 Å². The van der Waals surface area contributed by atoms with Crippen LogP contribution in [0.2, 0.25) is 0 Å². The third-order valence-electron chi connectivity index (χ3n) is 9.41. The maximum atomic E-state index is 3.93. The molecule has 0 amide bonds. The zero-order valence-electron chi connectivity index (χ0n) is 25.8. The second-order valence-electron chi connectivity index (χ2n) is 12.2. The summed E-state index contributed by atoms with van der Waals surface area (Å²) in [6.07, 6.45) is -0.0963. The first-order valence-corrected chi connectivity index (χ1v) is 17.0. The van der Waals surface area contributed by atoms with Crippen molar-refractivity contribution in [1.82, 2.24) is 5.32 Å². The van der Waals surface area contributed by atoms with Crippen LogP contribution >= 0.6 is 11.3 Å². The molecule has 1 atom stereocenters. The second kappa shape index (κ2) is 11.7. The van der Waals surface area contributed by atoms with Crippen LogP contribution in [0.25, 0.3) is 63.6 Å². The van der Waals surface area contributed by atoms with Gasteiger partial charge < -0.3 is 5.32 Å². The van der Waals surface area contributed by atoms with Gasteiger partial charge in [0.2, 0.25) is 0 Å². The Morgan fingerprint density at radius 1 is 0.489 bits per heavy atom. The summed E-state index contributed by atoms with van der Waals surface area (Å²) in [6, 6.07) is 59.3. The van der Waals surface area contributed by atoms with Gasteiger partial charge in [0.25, 0.3) is 0 Å². The largest absolute Gasteiger partial charge is 0.366 e. The molecule has 0 fully saturated rings. The lowest BCUT2D eigenvalue weighted by molar-refractivity contribution is 0.590. The Bertz CT molecular complexity index is 2550. The lowest BCUT2D eigenvalue weighted by atomic mass is 9.93. The number of thiophene rings is 1. The molecule has 0 aliphatic carbocycles. The molecule has 9 rings (SSSR count). The van der Waals surface area contributed by atoms with Crippen LogP contribution in [0.4, 0.5) is 5.69 Å². The number of benzene rings is 8. The van der Waals surface area contributed by atoms with Crippen LogP contribution in [0.15, 0.2) is 164 Å². The maximum Gasteiger partial charge on any atom is 0.103 e. The molecule has 1 unspecified atom stereocenters. The molecule has 224 valence electrons. The first kappa shape index (κ1) is 27.8. The Hall–Kier alpha value is -5.48. The van der Waals surface area contributed by atoms with Crippen LogP contribution in [0.3, 0.4) is 0 Å². The molecule has 0 aliphatic heterocycles. The van der Waals surface area contributed by atoms with Gasteiger partial charge in [-0.3, -0.25) is 5.32 Å². The van der Waals surface area contributed by atoms with Crippen molar-refractivity contribution >= 4 is 69.5 Å². The highest BCUT2D eigenvalue weighted by molar-refractivity contribution is 7.26. The Morgan fingerprint density at radius 2 is 1.19 bits per heavy atom. The molecule has 2 nitrogen and oxygen atoms in total. The molecule has 9 aromatic rings. The number of hydrogen-bond acceptors (Lipinski definition) is 3. The average molecular weight is 621 g/mol. The summed E-state index contributed by atoms with van der Waals surface area (Å²) in [6.45, 7) is 0.712. The third kappa shape index (κ3) is 5.01. The van der Waals surface area contributed by atoms with E-state index in [0.29, 0.717) is 6.54 Å². The van der Waals surface area contributed by atoms with Gasteiger partial charge >= 0.3 is 0 Å². The number of anilines is 1. The van der Waals surface area contributed by atoms with E-state index < -0.39 is 0 Å². The SMILES string of the molecule is c1ccc(NC(NCc2c3ccccc3cc3c2ccc2ccccc23)c2ccc(-c3cccc4c3sc3ccccc34)cc2)cc1. The lowest BCUT2D eigenvalue weighted by Gasteiger charge is -2.24. The van der Waals surface area contributed by atoms with Crippen molar-refractivity contribution in [2.75, 3.05) is 5.32 Å². The van der Waals surface area contributed by atoms with E-state index in [0.717, 1.165) is 5.69 Å². The quantitative estimate of drug-likeness (QED) is 0.105. The first-order valence-electron chi connectivity index (χ1n) is 16.2. The molecule has 47 heavy (non-hydrogen) atoms. The van der Waals surface area contributed by atoms with Gasteiger partial charge in [0.1, 0.15) is 6.17 Å². The van der Waals surface area contributed by atoms with Gasteiger partial charge in [-0.2, -0.15) is 0 Å². The zero-order chi connectivity index (χ0) is 31.2. The summed E-state index contributed by atoms with van der Waals surface area (Å²) in [5.74, 6) is 0. The molecule has 2 N–H and O–H groups in total. The van der Waals surface area contributed by atoms with E-state index in [2.05, 4.69) is 174 Å². The van der Waals surface area contributed by atoms with Crippen LogP contribution in [0, 0.1) is 0 Å². The summed E-state index contributed by atoms with van der Waals surface area (Å²) >= 11 is 1.88. The van der Waals surface area contributed by atoms with Gasteiger partial charge in [0.15, 0.2) is 0 Å². The minimum atomic E-state index is -0.0963. The molecule has 3 heteroatoms. The molecular formula is C44H32N2S. The van der Waals surface area contributed by atoms with Crippen molar-refractivity contribution < 1.29 is 0 Å². The minimum Gasteiger partial charge on any atom is -0.366 e. The van der Waals surface area contributed by atoms with Crippen LogP contribution in [-0.4, -0.2) is 0 Å². The molecule has 1 heterocycles. The molecule has 0 saturated carbocycles. The van der Waals surface area contributed by atoms with Crippen molar-refractivity contribution in [3.8, 4) is 11.1 Å². The topological polar surface area (TPSA) is 24.1 Å². The van der Waals surface area contributed by atoms with Gasteiger partial charge in [-0.05, 0) is 78.8 Å². The predicted molar refractivity (Wildman–Crippen MR) is 203 cm³/mol. The fraction of sp³-hybridized carbons (Fsp3) is 0.0455. The van der Waals surface area contributed by atoms with Crippen molar-refractivity contribution in [3.05, 3.63) is 175 Å². The molecule has 1 aromatic heterocycles. The average Bonchev–Trinajstić information content (AvgIpc) is 3.52. The molecule has 0 bridgehead atoms. The molecular weight excluding hydrogens is 589 g/mol. The fourth-order valence-electron chi connectivity index (χ4n) is 7.09. The Balaban J connectivity index is 1.11. The summed E-state index contributed by atoms with van der Waals surface area (Å²) in [4.78, 5) is 0. The standard InChI is InChI=1S/C44H32N2S/c1-2-13-33(14-3-1)46-44(31-23-21-30(22-24-31)36-18-10-19-39-38-17-8-9-20-42(38)47-43(36)39)45-28-41-35-16-7-5-12-32(35)27-40-34-15-6-4-11-29(34)25-26-37(40)41/h1-27,44-46H,28H2. The van der Waals surface area contributed by atoms with Crippen molar-refractivity contribution in [2.45, 2.75) is 12.7 Å². The number of para-hydroxylation sites is 1. The normalized spacial score (nSPS) is 12.3. The monoisotopic (exact) mass is 620 g/mol. The Labute approximate surface area is 277 Å². The lowest BCUT2D eigenvalue weighted by Crippen LogP contribution is -2.28. The smallest absolute Gasteiger partial charge is 0.103 e. The fourth-order valence-corrected chi connectivity index (χ4v) is 8.33. The van der Waals surface area contributed by atoms with E-state index >= 15 is 0 Å². The number of fused-ring (bicyclic) bond motifs is 7. The van der Waals surface area contributed by atoms with E-state index in [1.807, 2.05) is 11.3 Å². The van der Waals surface area contributed by atoms with Gasteiger partial charge in [0, 0.05) is 32.4 Å². The molecule has 0 radical (unpaired) electrons. The van der Waals surface area contributed by atoms with Gasteiger partial charge in [0.05, 0.1) is 0 Å². The van der Waals surface area contributed by atoms with E-state index in [-0.39, 0.29) is 6.17 Å². The third-order valence-corrected chi connectivity index (χ3v) is 10.6. The Morgan fingerprint density at radius 3 is 2.04 bits per heavy atom. The van der Waals surface area contributed by atoms with Gasteiger partial charge in [-0.1, -0.05) is 140 Å². The maximum absolute atomic E-state index is 3.93. The van der Waals surface area contributed by atoms with E-state index in [4.69, 9.17) is 0 Å².